The van der Waals surface area contributed by atoms with Crippen LogP contribution in [0, 0.1) is 4.91 Å². The van der Waals surface area contributed by atoms with E-state index in [4.69, 9.17) is 21.1 Å². The van der Waals surface area contributed by atoms with E-state index in [0.717, 1.165) is 0 Å². The largest absolute Gasteiger partial charge is 0.391 e. The molecule has 2 aliphatic rings. The van der Waals surface area contributed by atoms with E-state index in [-0.39, 0.29) is 18.8 Å². The van der Waals surface area contributed by atoms with E-state index >= 15 is 0 Å². The van der Waals surface area contributed by atoms with Crippen LogP contribution in [-0.2, 0) is 9.47 Å². The normalized spacial score (nSPS) is 34.1. The van der Waals surface area contributed by atoms with Crippen LogP contribution in [0.1, 0.15) is 6.42 Å². The number of amides is 2. The number of rotatable bonds is 4. The standard InChI is InChI=1S/C9H14ClN3O5/c10-1-2-13(12-16)9(15)11-8-5(14)3-7-17-4-6(8)18-7/h5-8,14H,1-4H2,(H,11,15)/t5-,6-,7-,8+/m1/s1. The molecule has 2 aliphatic heterocycles. The second-order valence-electron chi connectivity index (χ2n) is 4.11. The molecular formula is C9H14ClN3O5. The molecule has 102 valence electrons. The fourth-order valence-electron chi connectivity index (χ4n) is 2.04. The number of nitrogens with one attached hydrogen (secondary N) is 1. The van der Waals surface area contributed by atoms with Crippen molar-refractivity contribution >= 4 is 17.6 Å². The maximum atomic E-state index is 11.7. The molecule has 2 rings (SSSR count). The van der Waals surface area contributed by atoms with Crippen LogP contribution in [0.5, 0.6) is 0 Å². The van der Waals surface area contributed by atoms with E-state index in [1.807, 2.05) is 0 Å². The highest BCUT2D eigenvalue weighted by atomic mass is 35.5. The maximum Gasteiger partial charge on any atom is 0.340 e. The average molecular weight is 280 g/mol. The van der Waals surface area contributed by atoms with Crippen molar-refractivity contribution in [3.63, 3.8) is 0 Å². The van der Waals surface area contributed by atoms with Gasteiger partial charge in [0.05, 0.1) is 30.6 Å². The lowest BCUT2D eigenvalue weighted by Gasteiger charge is -2.33. The highest BCUT2D eigenvalue weighted by molar-refractivity contribution is 6.18. The van der Waals surface area contributed by atoms with Crippen LogP contribution in [0.25, 0.3) is 0 Å². The lowest BCUT2D eigenvalue weighted by Crippen LogP contribution is -2.56. The molecule has 2 N–H and O–H groups in total. The van der Waals surface area contributed by atoms with Crippen LogP contribution >= 0.6 is 11.6 Å². The number of carbonyl (C=O) groups is 1. The van der Waals surface area contributed by atoms with Crippen molar-refractivity contribution < 1.29 is 19.4 Å². The molecular weight excluding hydrogens is 266 g/mol. The van der Waals surface area contributed by atoms with Gasteiger partial charge in [-0.1, -0.05) is 0 Å². The molecule has 2 bridgehead atoms. The Labute approximate surface area is 108 Å². The molecule has 0 radical (unpaired) electrons. The number of carbonyl (C=O) groups excluding carboxylic acids is 1. The van der Waals surface area contributed by atoms with Crippen molar-refractivity contribution in [3.8, 4) is 0 Å². The molecule has 9 heteroatoms. The van der Waals surface area contributed by atoms with Crippen LogP contribution in [0.15, 0.2) is 5.29 Å². The van der Waals surface area contributed by atoms with Gasteiger partial charge >= 0.3 is 6.03 Å². The van der Waals surface area contributed by atoms with Crippen molar-refractivity contribution in [1.29, 1.82) is 0 Å². The third-order valence-corrected chi connectivity index (χ3v) is 3.11. The van der Waals surface area contributed by atoms with E-state index in [0.29, 0.717) is 11.6 Å². The fourth-order valence-corrected chi connectivity index (χ4v) is 2.20. The first kappa shape index (κ1) is 13.5. The quantitative estimate of drug-likeness (QED) is 0.421. The Balaban J connectivity index is 1.95. The lowest BCUT2D eigenvalue weighted by molar-refractivity contribution is -0.128. The number of aliphatic hydroxyl groups excluding tert-OH is 1. The summed E-state index contributed by atoms with van der Waals surface area (Å²) < 4.78 is 10.6. The number of halogens is 1. The number of hydrogen-bond donors (Lipinski definition) is 2. The summed E-state index contributed by atoms with van der Waals surface area (Å²) in [6.45, 7) is 0.307. The number of ether oxygens (including phenoxy) is 2. The predicted octanol–water partition coefficient (Wildman–Crippen LogP) is -0.207. The van der Waals surface area contributed by atoms with Crippen molar-refractivity contribution in [2.24, 2.45) is 5.29 Å². The zero-order valence-corrected chi connectivity index (χ0v) is 10.2. The molecule has 2 fully saturated rings. The Hall–Kier alpha value is -0.960. The number of urea groups is 1. The minimum atomic E-state index is -0.773. The molecule has 8 nitrogen and oxygen atoms in total. The SMILES string of the molecule is O=NN(CCCl)C(=O)N[C@H]1[C@H](O)C[C@@H]2OC[C@H]1O2. The second-order valence-corrected chi connectivity index (χ2v) is 4.49. The van der Waals surface area contributed by atoms with Crippen LogP contribution in [0.3, 0.4) is 0 Å². The summed E-state index contributed by atoms with van der Waals surface area (Å²) in [5.74, 6) is 0.0947. The Morgan fingerprint density at radius 1 is 1.61 bits per heavy atom. The molecule has 2 saturated heterocycles. The number of nitrogens with zero attached hydrogens (tertiary/aromatic N) is 2. The van der Waals surface area contributed by atoms with Crippen molar-refractivity contribution in [1.82, 2.24) is 10.3 Å². The lowest BCUT2D eigenvalue weighted by atomic mass is 10.0. The predicted molar refractivity (Wildman–Crippen MR) is 60.8 cm³/mol. The first-order valence-electron chi connectivity index (χ1n) is 5.58. The summed E-state index contributed by atoms with van der Waals surface area (Å²) in [7, 11) is 0. The first-order chi connectivity index (χ1) is 8.65. The van der Waals surface area contributed by atoms with Crippen LogP contribution in [-0.4, -0.2) is 59.7 Å². The highest BCUT2D eigenvalue weighted by Crippen LogP contribution is 2.27. The Bertz CT molecular complexity index is 331. The van der Waals surface area contributed by atoms with E-state index in [1.165, 1.54) is 0 Å². The molecule has 4 atom stereocenters. The third-order valence-electron chi connectivity index (χ3n) is 2.94. The summed E-state index contributed by atoms with van der Waals surface area (Å²) in [4.78, 5) is 22.2. The number of alkyl halides is 1. The third kappa shape index (κ3) is 2.72. The fraction of sp³-hybridized carbons (Fsp3) is 0.889. The molecule has 0 aromatic carbocycles. The topological polar surface area (TPSA) is 100 Å². The van der Waals surface area contributed by atoms with Crippen LogP contribution in [0.2, 0.25) is 0 Å². The average Bonchev–Trinajstić information content (AvgIpc) is 2.74. The van der Waals surface area contributed by atoms with Gasteiger partial charge in [0, 0.05) is 12.3 Å². The zero-order valence-electron chi connectivity index (χ0n) is 9.49. The van der Waals surface area contributed by atoms with Gasteiger partial charge in [0.25, 0.3) is 0 Å². The summed E-state index contributed by atoms with van der Waals surface area (Å²) in [6, 6.07) is -1.32. The molecule has 2 heterocycles. The van der Waals surface area contributed by atoms with Gasteiger partial charge in [-0.05, 0) is 0 Å². The van der Waals surface area contributed by atoms with Gasteiger partial charge in [-0.15, -0.1) is 16.5 Å². The molecule has 0 aromatic heterocycles. The molecule has 18 heavy (non-hydrogen) atoms. The van der Waals surface area contributed by atoms with Gasteiger partial charge < -0.3 is 19.9 Å². The monoisotopic (exact) mass is 279 g/mol. The molecule has 0 aromatic rings. The molecule has 0 spiro atoms. The molecule has 2 amide bonds. The summed E-state index contributed by atoms with van der Waals surface area (Å²) in [6.07, 6.45) is -1.32. The minimum absolute atomic E-state index is 0.00432. The summed E-state index contributed by atoms with van der Waals surface area (Å²) in [5.41, 5.74) is 0. The van der Waals surface area contributed by atoms with Crippen LogP contribution in [0.4, 0.5) is 4.79 Å². The molecule has 0 unspecified atom stereocenters. The van der Waals surface area contributed by atoms with Gasteiger partial charge in [-0.25, -0.2) is 4.79 Å². The smallest absolute Gasteiger partial charge is 0.340 e. The van der Waals surface area contributed by atoms with Crippen molar-refractivity contribution in [2.75, 3.05) is 19.0 Å². The van der Waals surface area contributed by atoms with Crippen LogP contribution < -0.4 is 5.32 Å². The summed E-state index contributed by atoms with van der Waals surface area (Å²) in [5, 5.41) is 15.6. The van der Waals surface area contributed by atoms with Gasteiger partial charge in [0.2, 0.25) is 0 Å². The van der Waals surface area contributed by atoms with Crippen molar-refractivity contribution in [2.45, 2.75) is 31.0 Å². The Morgan fingerprint density at radius 3 is 3.06 bits per heavy atom. The zero-order chi connectivity index (χ0) is 13.1. The highest BCUT2D eigenvalue weighted by Gasteiger charge is 2.44. The van der Waals surface area contributed by atoms with E-state index in [9.17, 15) is 14.8 Å². The number of hydrogen-bond acceptors (Lipinski definition) is 6. The number of aliphatic hydroxyl groups is 1. The second kappa shape index (κ2) is 5.79. The summed E-state index contributed by atoms with van der Waals surface area (Å²) >= 11 is 5.44. The number of nitroso groups, excluding NO2 is 1. The van der Waals surface area contributed by atoms with Gasteiger partial charge in [0.15, 0.2) is 6.29 Å². The molecule has 0 saturated carbocycles. The first-order valence-corrected chi connectivity index (χ1v) is 6.11. The Morgan fingerprint density at radius 2 is 2.39 bits per heavy atom. The van der Waals surface area contributed by atoms with E-state index < -0.39 is 30.6 Å². The number of fused-ring (bicyclic) bond motifs is 2. The minimum Gasteiger partial charge on any atom is -0.391 e. The maximum absolute atomic E-state index is 11.7. The van der Waals surface area contributed by atoms with E-state index in [2.05, 4.69) is 10.6 Å². The van der Waals surface area contributed by atoms with Crippen molar-refractivity contribution in [3.05, 3.63) is 4.91 Å². The van der Waals surface area contributed by atoms with E-state index in [1.54, 1.807) is 0 Å². The van der Waals surface area contributed by atoms with Gasteiger partial charge in [-0.3, -0.25) is 0 Å². The van der Waals surface area contributed by atoms with Gasteiger partial charge in [0.1, 0.15) is 6.10 Å². The molecule has 0 aliphatic carbocycles. The van der Waals surface area contributed by atoms with Gasteiger partial charge in [-0.2, -0.15) is 5.01 Å². The Kier molecular flexibility index (Phi) is 4.33.